The lowest BCUT2D eigenvalue weighted by atomic mass is 10.3. The van der Waals surface area contributed by atoms with Crippen molar-refractivity contribution in [2.75, 3.05) is 6.61 Å². The molecule has 0 unspecified atom stereocenters. The fourth-order valence-electron chi connectivity index (χ4n) is 2.55. The fourth-order valence-corrected chi connectivity index (χ4v) is 3.58. The van der Waals surface area contributed by atoms with E-state index in [0.717, 1.165) is 15.8 Å². The van der Waals surface area contributed by atoms with Gasteiger partial charge in [0.15, 0.2) is 10.5 Å². The van der Waals surface area contributed by atoms with E-state index in [4.69, 9.17) is 4.74 Å². The lowest BCUT2D eigenvalue weighted by molar-refractivity contribution is -0.143. The van der Waals surface area contributed by atoms with Gasteiger partial charge in [-0.3, -0.25) is 14.3 Å². The predicted molar refractivity (Wildman–Crippen MR) is 94.3 cm³/mol. The van der Waals surface area contributed by atoms with Crippen LogP contribution in [0.1, 0.15) is 23.0 Å². The van der Waals surface area contributed by atoms with Crippen LogP contribution in [0, 0.1) is 6.92 Å². The number of nitrogens with zero attached hydrogens (tertiary/aromatic N) is 4. The third-order valence-corrected chi connectivity index (χ3v) is 4.65. The largest absolute Gasteiger partial charge is 0.465 e. The molecule has 8 heteroatoms. The van der Waals surface area contributed by atoms with Crippen LogP contribution < -0.4 is 4.80 Å². The summed E-state index contributed by atoms with van der Waals surface area (Å²) < 4.78 is 9.26. The van der Waals surface area contributed by atoms with Crippen LogP contribution in [0.5, 0.6) is 0 Å². The van der Waals surface area contributed by atoms with E-state index in [2.05, 4.69) is 10.1 Å². The Morgan fingerprint density at radius 2 is 2.08 bits per heavy atom. The number of ether oxygens (including phenoxy) is 1. The van der Waals surface area contributed by atoms with E-state index in [1.165, 1.54) is 11.3 Å². The third kappa shape index (κ3) is 3.53. The van der Waals surface area contributed by atoms with Gasteiger partial charge in [0.05, 0.1) is 16.8 Å². The van der Waals surface area contributed by atoms with E-state index in [9.17, 15) is 9.59 Å². The van der Waals surface area contributed by atoms with Gasteiger partial charge in [0.25, 0.3) is 5.91 Å². The Labute approximate surface area is 148 Å². The molecule has 3 rings (SSSR count). The summed E-state index contributed by atoms with van der Waals surface area (Å²) >= 11 is 1.35. The van der Waals surface area contributed by atoms with Crippen molar-refractivity contribution in [3.8, 4) is 0 Å². The van der Waals surface area contributed by atoms with Crippen LogP contribution in [0.15, 0.2) is 35.5 Å². The van der Waals surface area contributed by atoms with Gasteiger partial charge in [-0.2, -0.15) is 10.1 Å². The summed E-state index contributed by atoms with van der Waals surface area (Å²) in [4.78, 5) is 29.1. The first kappa shape index (κ1) is 17.1. The van der Waals surface area contributed by atoms with Gasteiger partial charge in [0.2, 0.25) is 0 Å². The first-order valence-electron chi connectivity index (χ1n) is 7.83. The highest BCUT2D eigenvalue weighted by molar-refractivity contribution is 7.16. The summed E-state index contributed by atoms with van der Waals surface area (Å²) in [7, 11) is 1.75. The molecule has 25 heavy (non-hydrogen) atoms. The first-order valence-corrected chi connectivity index (χ1v) is 8.64. The summed E-state index contributed by atoms with van der Waals surface area (Å²) in [5.74, 6) is -0.795. The van der Waals surface area contributed by atoms with Crippen molar-refractivity contribution in [3.05, 3.63) is 46.5 Å². The normalized spacial score (nSPS) is 11.9. The zero-order valence-electron chi connectivity index (χ0n) is 14.2. The molecule has 0 aliphatic rings. The molecule has 0 saturated heterocycles. The molecule has 2 aromatic heterocycles. The second kappa shape index (κ2) is 7.02. The first-order chi connectivity index (χ1) is 12.0. The summed E-state index contributed by atoms with van der Waals surface area (Å²) in [6.07, 6.45) is 1.76. The number of rotatable bonds is 4. The zero-order chi connectivity index (χ0) is 18.0. The Hall–Kier alpha value is -2.74. The Bertz CT molecular complexity index is 1010. The summed E-state index contributed by atoms with van der Waals surface area (Å²) in [5, 5.41) is 4.16. The predicted octanol–water partition coefficient (Wildman–Crippen LogP) is 2.05. The smallest absolute Gasteiger partial charge is 0.326 e. The number of hydrogen-bond acceptors (Lipinski definition) is 5. The number of aromatic nitrogens is 3. The Morgan fingerprint density at radius 3 is 2.76 bits per heavy atom. The molecule has 0 bridgehead atoms. The standard InChI is InChI=1S/C17H18N4O3S/c1-4-24-14(22)10-21-12-7-5-6-8-13(12)25-17(21)18-16(23)15-11(2)9-20(3)19-15/h5-9H,4,10H2,1-3H3. The molecule has 1 aromatic carbocycles. The average molecular weight is 358 g/mol. The minimum atomic E-state index is -0.428. The van der Waals surface area contributed by atoms with E-state index in [1.54, 1.807) is 29.4 Å². The molecule has 2 heterocycles. The number of thiazole rings is 1. The van der Waals surface area contributed by atoms with E-state index in [1.807, 2.05) is 31.2 Å². The van der Waals surface area contributed by atoms with Crippen molar-refractivity contribution in [2.45, 2.75) is 20.4 Å². The highest BCUT2D eigenvalue weighted by Gasteiger charge is 2.15. The van der Waals surface area contributed by atoms with Crippen LogP contribution in [0.2, 0.25) is 0 Å². The maximum Gasteiger partial charge on any atom is 0.326 e. The molecule has 7 nitrogen and oxygen atoms in total. The molecule has 0 saturated carbocycles. The fraction of sp³-hybridized carbons (Fsp3) is 0.294. The minimum Gasteiger partial charge on any atom is -0.465 e. The SMILES string of the molecule is CCOC(=O)Cn1c(=NC(=O)c2nn(C)cc2C)sc2ccccc21. The van der Waals surface area contributed by atoms with Gasteiger partial charge < -0.3 is 9.30 Å². The third-order valence-electron chi connectivity index (χ3n) is 3.59. The molecule has 3 aromatic rings. The number of fused-ring (bicyclic) bond motifs is 1. The maximum atomic E-state index is 12.5. The van der Waals surface area contributed by atoms with Crippen molar-refractivity contribution in [1.29, 1.82) is 0 Å². The summed E-state index contributed by atoms with van der Waals surface area (Å²) in [6.45, 7) is 3.88. The average Bonchev–Trinajstić information content (AvgIpc) is 3.08. The zero-order valence-corrected chi connectivity index (χ0v) is 15.0. The number of aryl methyl sites for hydroxylation is 2. The number of esters is 1. The Kier molecular flexibility index (Phi) is 4.80. The van der Waals surface area contributed by atoms with E-state index >= 15 is 0 Å². The topological polar surface area (TPSA) is 78.5 Å². The number of hydrogen-bond donors (Lipinski definition) is 0. The van der Waals surface area contributed by atoms with Crippen LogP contribution in [0.4, 0.5) is 0 Å². The van der Waals surface area contributed by atoms with Gasteiger partial charge in [-0.15, -0.1) is 0 Å². The van der Waals surface area contributed by atoms with Crippen LogP contribution in [-0.2, 0) is 23.1 Å². The van der Waals surface area contributed by atoms with Crippen molar-refractivity contribution >= 4 is 33.4 Å². The second-order valence-corrected chi connectivity index (χ2v) is 6.50. The number of amides is 1. The van der Waals surface area contributed by atoms with Crippen molar-refractivity contribution in [3.63, 3.8) is 0 Å². The number of carbonyl (C=O) groups is 2. The van der Waals surface area contributed by atoms with Crippen molar-refractivity contribution in [1.82, 2.24) is 14.3 Å². The van der Waals surface area contributed by atoms with Gasteiger partial charge in [-0.05, 0) is 26.0 Å². The molecule has 0 fully saturated rings. The van der Waals surface area contributed by atoms with Crippen LogP contribution >= 0.6 is 11.3 Å². The highest BCUT2D eigenvalue weighted by Crippen LogP contribution is 2.17. The van der Waals surface area contributed by atoms with Crippen LogP contribution in [0.3, 0.4) is 0 Å². The van der Waals surface area contributed by atoms with Gasteiger partial charge in [0, 0.05) is 18.8 Å². The molecular weight excluding hydrogens is 340 g/mol. The van der Waals surface area contributed by atoms with Crippen molar-refractivity contribution in [2.24, 2.45) is 12.0 Å². The summed E-state index contributed by atoms with van der Waals surface area (Å²) in [5.41, 5.74) is 1.90. The maximum absolute atomic E-state index is 12.5. The molecule has 0 aliphatic carbocycles. The number of benzene rings is 1. The van der Waals surface area contributed by atoms with E-state index in [-0.39, 0.29) is 12.5 Å². The molecule has 130 valence electrons. The second-order valence-electron chi connectivity index (χ2n) is 5.49. The molecule has 0 spiro atoms. The number of carbonyl (C=O) groups excluding carboxylic acids is 2. The minimum absolute atomic E-state index is 0.00513. The molecule has 0 radical (unpaired) electrons. The monoisotopic (exact) mass is 358 g/mol. The van der Waals surface area contributed by atoms with Crippen LogP contribution in [-0.4, -0.2) is 32.8 Å². The lowest BCUT2D eigenvalue weighted by Crippen LogP contribution is -2.23. The summed E-state index contributed by atoms with van der Waals surface area (Å²) in [6, 6.07) is 7.60. The lowest BCUT2D eigenvalue weighted by Gasteiger charge is -2.04. The highest BCUT2D eigenvalue weighted by atomic mass is 32.1. The van der Waals surface area contributed by atoms with Crippen molar-refractivity contribution < 1.29 is 14.3 Å². The van der Waals surface area contributed by atoms with E-state index in [0.29, 0.717) is 17.1 Å². The van der Waals surface area contributed by atoms with Gasteiger partial charge >= 0.3 is 5.97 Å². The Balaban J connectivity index is 2.09. The van der Waals surface area contributed by atoms with Gasteiger partial charge in [-0.1, -0.05) is 23.5 Å². The Morgan fingerprint density at radius 1 is 1.32 bits per heavy atom. The van der Waals surface area contributed by atoms with E-state index < -0.39 is 5.91 Å². The van der Waals surface area contributed by atoms with Crippen LogP contribution in [0.25, 0.3) is 10.2 Å². The number of para-hydroxylation sites is 1. The molecular formula is C17H18N4O3S. The van der Waals surface area contributed by atoms with Gasteiger partial charge in [-0.25, -0.2) is 0 Å². The molecule has 0 atom stereocenters. The molecule has 0 aliphatic heterocycles. The quantitative estimate of drug-likeness (QED) is 0.669. The van der Waals surface area contributed by atoms with Gasteiger partial charge in [0.1, 0.15) is 6.54 Å². The molecule has 1 amide bonds. The molecule has 0 N–H and O–H groups in total.